The molecule has 0 radical (unpaired) electrons. The lowest BCUT2D eigenvalue weighted by atomic mass is 9.58. The van der Waals surface area contributed by atoms with Crippen LogP contribution in [0, 0.1) is 11.3 Å². The predicted molar refractivity (Wildman–Crippen MR) is 83.5 cm³/mol. The minimum absolute atomic E-state index is 0.375. The molecule has 0 aromatic carbocycles. The van der Waals surface area contributed by atoms with Gasteiger partial charge in [-0.3, -0.25) is 0 Å². The van der Waals surface area contributed by atoms with Crippen molar-refractivity contribution in [2.24, 2.45) is 11.3 Å². The van der Waals surface area contributed by atoms with E-state index in [4.69, 9.17) is 4.74 Å². The normalized spacial score (nSPS) is 27.3. The fourth-order valence-electron chi connectivity index (χ4n) is 3.74. The average molecular weight is 269 g/mol. The Balaban J connectivity index is 2.55. The second-order valence-electron chi connectivity index (χ2n) is 6.75. The van der Waals surface area contributed by atoms with Gasteiger partial charge in [0.1, 0.15) is 0 Å². The maximum Gasteiger partial charge on any atom is 0.0664 e. The first-order valence-corrected chi connectivity index (χ1v) is 8.38. The Morgan fingerprint density at radius 3 is 2.26 bits per heavy atom. The molecule has 0 bridgehead atoms. The van der Waals surface area contributed by atoms with E-state index in [0.717, 1.165) is 12.5 Å². The molecule has 1 rings (SSSR count). The van der Waals surface area contributed by atoms with Gasteiger partial charge < -0.3 is 10.1 Å². The van der Waals surface area contributed by atoms with Crippen molar-refractivity contribution in [2.75, 3.05) is 6.54 Å². The molecular weight excluding hydrogens is 234 g/mol. The average Bonchev–Trinajstić information content (AvgIpc) is 2.33. The van der Waals surface area contributed by atoms with E-state index >= 15 is 0 Å². The molecule has 0 amide bonds. The van der Waals surface area contributed by atoms with Gasteiger partial charge in [0.05, 0.1) is 12.2 Å². The minimum atomic E-state index is 0.375. The lowest BCUT2D eigenvalue weighted by Gasteiger charge is -2.56. The molecule has 19 heavy (non-hydrogen) atoms. The maximum atomic E-state index is 6.37. The van der Waals surface area contributed by atoms with Gasteiger partial charge in [-0.1, -0.05) is 34.6 Å². The zero-order chi connectivity index (χ0) is 14.5. The lowest BCUT2D eigenvalue weighted by molar-refractivity contribution is -0.165. The van der Waals surface area contributed by atoms with Crippen molar-refractivity contribution >= 4 is 0 Å². The molecule has 0 aromatic heterocycles. The van der Waals surface area contributed by atoms with Crippen LogP contribution in [-0.4, -0.2) is 24.8 Å². The van der Waals surface area contributed by atoms with E-state index in [1.54, 1.807) is 0 Å². The van der Waals surface area contributed by atoms with Gasteiger partial charge in [0.2, 0.25) is 0 Å². The fourth-order valence-corrected chi connectivity index (χ4v) is 3.74. The molecule has 1 aliphatic rings. The highest BCUT2D eigenvalue weighted by molar-refractivity contribution is 5.06. The lowest BCUT2D eigenvalue weighted by Crippen LogP contribution is -2.64. The highest BCUT2D eigenvalue weighted by Crippen LogP contribution is 2.49. The SMILES string of the molecule is CCCNC1CC(OC(C)CC(C)C)C1(CC)CC. The standard InChI is InChI=1S/C17H35NO/c1-7-10-18-15-12-16(17(15,8-2)9-3)19-14(6)11-13(4)5/h13-16,18H,7-12H2,1-6H3. The van der Waals surface area contributed by atoms with Crippen LogP contribution in [0.15, 0.2) is 0 Å². The van der Waals surface area contributed by atoms with Crippen molar-refractivity contribution in [3.63, 3.8) is 0 Å². The Morgan fingerprint density at radius 1 is 1.16 bits per heavy atom. The Hall–Kier alpha value is -0.0800. The van der Waals surface area contributed by atoms with E-state index < -0.39 is 0 Å². The molecule has 3 unspecified atom stereocenters. The van der Waals surface area contributed by atoms with Crippen LogP contribution in [0.3, 0.4) is 0 Å². The third kappa shape index (κ3) is 3.95. The summed E-state index contributed by atoms with van der Waals surface area (Å²) in [5, 5.41) is 3.73. The number of rotatable bonds is 9. The van der Waals surface area contributed by atoms with Crippen LogP contribution in [0.4, 0.5) is 0 Å². The molecule has 3 atom stereocenters. The van der Waals surface area contributed by atoms with E-state index in [1.807, 2.05) is 0 Å². The van der Waals surface area contributed by atoms with Crippen molar-refractivity contribution < 1.29 is 4.74 Å². The quantitative estimate of drug-likeness (QED) is 0.670. The van der Waals surface area contributed by atoms with Gasteiger partial charge in [0.25, 0.3) is 0 Å². The minimum Gasteiger partial charge on any atom is -0.375 e. The Labute approximate surface area is 120 Å². The van der Waals surface area contributed by atoms with Gasteiger partial charge in [0, 0.05) is 11.5 Å². The molecule has 2 heteroatoms. The fraction of sp³-hybridized carbons (Fsp3) is 1.00. The summed E-state index contributed by atoms with van der Waals surface area (Å²) in [7, 11) is 0. The molecule has 1 saturated carbocycles. The first kappa shape index (κ1) is 17.0. The van der Waals surface area contributed by atoms with Crippen LogP contribution in [-0.2, 0) is 4.74 Å². The van der Waals surface area contributed by atoms with Gasteiger partial charge in [-0.2, -0.15) is 0 Å². The van der Waals surface area contributed by atoms with E-state index in [1.165, 1.54) is 32.1 Å². The summed E-state index contributed by atoms with van der Waals surface area (Å²) in [6.07, 6.45) is 6.90. The molecule has 114 valence electrons. The van der Waals surface area contributed by atoms with Crippen LogP contribution >= 0.6 is 0 Å². The van der Waals surface area contributed by atoms with Gasteiger partial charge >= 0.3 is 0 Å². The predicted octanol–water partition coefficient (Wildman–Crippen LogP) is 4.38. The molecule has 0 aliphatic heterocycles. The molecule has 0 saturated heterocycles. The van der Waals surface area contributed by atoms with Crippen LogP contribution in [0.5, 0.6) is 0 Å². The zero-order valence-electron chi connectivity index (χ0n) is 14.0. The maximum absolute atomic E-state index is 6.37. The zero-order valence-corrected chi connectivity index (χ0v) is 14.0. The number of ether oxygens (including phenoxy) is 1. The number of hydrogen-bond acceptors (Lipinski definition) is 2. The molecule has 1 fully saturated rings. The monoisotopic (exact) mass is 269 g/mol. The summed E-state index contributed by atoms with van der Waals surface area (Å²) < 4.78 is 6.37. The summed E-state index contributed by atoms with van der Waals surface area (Å²) >= 11 is 0. The smallest absolute Gasteiger partial charge is 0.0664 e. The van der Waals surface area contributed by atoms with Crippen LogP contribution in [0.2, 0.25) is 0 Å². The summed E-state index contributed by atoms with van der Waals surface area (Å²) in [6.45, 7) is 14.8. The van der Waals surface area contributed by atoms with Crippen LogP contribution in [0.25, 0.3) is 0 Å². The van der Waals surface area contributed by atoms with Crippen LogP contribution in [0.1, 0.15) is 73.6 Å². The second-order valence-corrected chi connectivity index (χ2v) is 6.75. The van der Waals surface area contributed by atoms with E-state index in [2.05, 4.69) is 46.9 Å². The largest absolute Gasteiger partial charge is 0.375 e. The van der Waals surface area contributed by atoms with Crippen molar-refractivity contribution in [3.8, 4) is 0 Å². The second kappa shape index (κ2) is 7.64. The summed E-state index contributed by atoms with van der Waals surface area (Å²) in [6, 6.07) is 0.665. The Kier molecular flexibility index (Phi) is 6.82. The first-order chi connectivity index (χ1) is 9.00. The Bertz CT molecular complexity index is 248. The third-order valence-electron chi connectivity index (χ3n) is 4.94. The van der Waals surface area contributed by atoms with Crippen LogP contribution < -0.4 is 5.32 Å². The van der Waals surface area contributed by atoms with Crippen molar-refractivity contribution in [1.29, 1.82) is 0 Å². The summed E-state index contributed by atoms with van der Waals surface area (Å²) in [4.78, 5) is 0. The molecule has 0 spiro atoms. The van der Waals surface area contributed by atoms with Gasteiger partial charge in [-0.15, -0.1) is 0 Å². The Morgan fingerprint density at radius 2 is 1.79 bits per heavy atom. The molecule has 0 aromatic rings. The van der Waals surface area contributed by atoms with E-state index in [-0.39, 0.29) is 0 Å². The molecule has 0 heterocycles. The van der Waals surface area contributed by atoms with Crippen molar-refractivity contribution in [2.45, 2.75) is 91.9 Å². The van der Waals surface area contributed by atoms with E-state index in [0.29, 0.717) is 23.7 Å². The molecule has 1 N–H and O–H groups in total. The summed E-state index contributed by atoms with van der Waals surface area (Å²) in [5.41, 5.74) is 0.375. The number of hydrogen-bond donors (Lipinski definition) is 1. The first-order valence-electron chi connectivity index (χ1n) is 8.38. The topological polar surface area (TPSA) is 21.3 Å². The highest BCUT2D eigenvalue weighted by atomic mass is 16.5. The van der Waals surface area contributed by atoms with Gasteiger partial charge in [-0.05, 0) is 51.5 Å². The molecule has 1 aliphatic carbocycles. The van der Waals surface area contributed by atoms with Crippen molar-refractivity contribution in [1.82, 2.24) is 5.32 Å². The summed E-state index contributed by atoms with van der Waals surface area (Å²) in [5.74, 6) is 0.724. The number of nitrogens with one attached hydrogen (secondary N) is 1. The highest BCUT2D eigenvalue weighted by Gasteiger charge is 2.53. The van der Waals surface area contributed by atoms with Crippen molar-refractivity contribution in [3.05, 3.63) is 0 Å². The molecular formula is C17H35NO. The van der Waals surface area contributed by atoms with E-state index in [9.17, 15) is 0 Å². The van der Waals surface area contributed by atoms with Gasteiger partial charge in [-0.25, -0.2) is 0 Å². The molecule has 2 nitrogen and oxygen atoms in total. The van der Waals surface area contributed by atoms with Gasteiger partial charge in [0.15, 0.2) is 0 Å². The third-order valence-corrected chi connectivity index (χ3v) is 4.94.